The number of rotatable bonds is 18. The molecule has 0 fully saturated rings. The van der Waals surface area contributed by atoms with Crippen LogP contribution in [0.4, 0.5) is 0 Å². The molecule has 1 heterocycles. The summed E-state index contributed by atoms with van der Waals surface area (Å²) in [5.74, 6) is 2.63. The van der Waals surface area contributed by atoms with Crippen LogP contribution in [0, 0.1) is 0 Å². The van der Waals surface area contributed by atoms with Crippen molar-refractivity contribution in [3.05, 3.63) is 18.7 Å². The van der Waals surface area contributed by atoms with Crippen molar-refractivity contribution in [1.29, 1.82) is 0 Å². The molecule has 0 atom stereocenters. The largest absolute Gasteiger partial charge is 0.336 e. The predicted molar refractivity (Wildman–Crippen MR) is 118 cm³/mol. The van der Waals surface area contributed by atoms with Crippen molar-refractivity contribution in [2.24, 2.45) is 0 Å². The van der Waals surface area contributed by atoms with Gasteiger partial charge in [-0.3, -0.25) is 0 Å². The van der Waals surface area contributed by atoms with Crippen LogP contribution in [-0.4, -0.2) is 25.6 Å². The summed E-state index contributed by atoms with van der Waals surface area (Å²) in [6, 6.07) is 0. The molecule has 0 spiro atoms. The Labute approximate surface area is 165 Å². The van der Waals surface area contributed by atoms with E-state index in [1.807, 2.05) is 12.5 Å². The Morgan fingerprint density at radius 1 is 0.760 bits per heavy atom. The number of hydrogen-bond acceptors (Lipinski definition) is 3. The van der Waals surface area contributed by atoms with Crippen molar-refractivity contribution in [3.63, 3.8) is 0 Å². The second-order valence-electron chi connectivity index (χ2n) is 6.97. The number of unbranched alkanes of at least 4 members (excludes halogenated alkanes) is 10. The summed E-state index contributed by atoms with van der Waals surface area (Å²) < 4.78 is 2.92. The van der Waals surface area contributed by atoms with E-state index >= 15 is 0 Å². The van der Waals surface area contributed by atoms with E-state index in [1.54, 1.807) is 0 Å². The van der Waals surface area contributed by atoms with Crippen molar-refractivity contribution in [1.82, 2.24) is 9.55 Å². The third-order valence-electron chi connectivity index (χ3n) is 4.52. The second-order valence-corrected chi connectivity index (χ2v) is 9.89. The van der Waals surface area contributed by atoms with Crippen molar-refractivity contribution in [2.45, 2.75) is 102 Å². The monoisotopic (exact) mass is 384 g/mol. The molecule has 0 aromatic carbocycles. The van der Waals surface area contributed by atoms with Gasteiger partial charge in [0, 0.05) is 18.9 Å². The first-order valence-corrected chi connectivity index (χ1v) is 12.7. The Kier molecular flexibility index (Phi) is 15.9. The summed E-state index contributed by atoms with van der Waals surface area (Å²) in [5, 5.41) is 0. The van der Waals surface area contributed by atoms with Gasteiger partial charge in [0.05, 0.1) is 10.9 Å². The molecule has 0 aliphatic heterocycles. The molecule has 0 N–H and O–H groups in total. The van der Waals surface area contributed by atoms with Crippen molar-refractivity contribution < 1.29 is 0 Å². The molecule has 146 valence electrons. The smallest absolute Gasteiger partial charge is 0.0946 e. The van der Waals surface area contributed by atoms with E-state index in [0.717, 1.165) is 6.54 Å². The fourth-order valence-corrected chi connectivity index (χ4v) is 5.70. The van der Waals surface area contributed by atoms with Crippen LogP contribution < -0.4 is 0 Å². The maximum absolute atomic E-state index is 4.20. The van der Waals surface area contributed by atoms with Crippen LogP contribution in [0.15, 0.2) is 18.7 Å². The van der Waals surface area contributed by atoms with E-state index in [2.05, 4.69) is 53.1 Å². The third kappa shape index (κ3) is 13.7. The molecule has 1 aromatic rings. The lowest BCUT2D eigenvalue weighted by atomic mass is 10.1. The maximum Gasteiger partial charge on any atom is 0.0946 e. The van der Waals surface area contributed by atoms with Gasteiger partial charge in [0.15, 0.2) is 0 Å². The molecular formula is C21H40N2S2. The SMILES string of the molecule is CCCCCCCCSC(Cn1ccnc1)SCCCCCCCC. The molecule has 1 rings (SSSR count). The van der Waals surface area contributed by atoms with Crippen LogP contribution in [0.25, 0.3) is 0 Å². The minimum atomic E-state index is 0.681. The zero-order chi connectivity index (χ0) is 18.0. The Morgan fingerprint density at radius 2 is 1.28 bits per heavy atom. The third-order valence-corrected chi connectivity index (χ3v) is 7.43. The van der Waals surface area contributed by atoms with Crippen LogP contribution >= 0.6 is 23.5 Å². The topological polar surface area (TPSA) is 17.8 Å². The molecule has 1 aromatic heterocycles. The van der Waals surface area contributed by atoms with Gasteiger partial charge in [0.25, 0.3) is 0 Å². The predicted octanol–water partition coefficient (Wildman–Crippen LogP) is 7.40. The molecule has 0 aliphatic rings. The van der Waals surface area contributed by atoms with Crippen LogP contribution in [0.1, 0.15) is 90.9 Å². The highest BCUT2D eigenvalue weighted by molar-refractivity contribution is 8.17. The first kappa shape index (κ1) is 23.0. The lowest BCUT2D eigenvalue weighted by Crippen LogP contribution is -2.10. The minimum Gasteiger partial charge on any atom is -0.336 e. The zero-order valence-electron chi connectivity index (χ0n) is 16.6. The van der Waals surface area contributed by atoms with Gasteiger partial charge in [0.1, 0.15) is 0 Å². The molecule has 2 nitrogen and oxygen atoms in total. The van der Waals surface area contributed by atoms with E-state index in [0.29, 0.717) is 4.58 Å². The second kappa shape index (κ2) is 17.3. The normalized spacial score (nSPS) is 11.5. The van der Waals surface area contributed by atoms with Gasteiger partial charge in [-0.25, -0.2) is 4.98 Å². The lowest BCUT2D eigenvalue weighted by molar-refractivity contribution is 0.626. The Bertz CT molecular complexity index is 350. The molecule has 0 amide bonds. The molecule has 0 radical (unpaired) electrons. The van der Waals surface area contributed by atoms with Gasteiger partial charge < -0.3 is 4.57 Å². The highest BCUT2D eigenvalue weighted by Crippen LogP contribution is 2.28. The summed E-state index contributed by atoms with van der Waals surface area (Å²) in [6.07, 6.45) is 22.7. The van der Waals surface area contributed by atoms with E-state index < -0.39 is 0 Å². The highest BCUT2D eigenvalue weighted by Gasteiger charge is 2.10. The first-order chi connectivity index (χ1) is 12.4. The van der Waals surface area contributed by atoms with Crippen molar-refractivity contribution in [2.75, 3.05) is 11.5 Å². The zero-order valence-corrected chi connectivity index (χ0v) is 18.3. The van der Waals surface area contributed by atoms with Crippen LogP contribution in [0.5, 0.6) is 0 Å². The van der Waals surface area contributed by atoms with Crippen molar-refractivity contribution >= 4 is 23.5 Å². The molecular weight excluding hydrogens is 344 g/mol. The van der Waals surface area contributed by atoms with E-state index in [4.69, 9.17) is 0 Å². The Morgan fingerprint density at radius 3 is 1.76 bits per heavy atom. The molecule has 4 heteroatoms. The minimum absolute atomic E-state index is 0.681. The quantitative estimate of drug-likeness (QED) is 0.194. The lowest BCUT2D eigenvalue weighted by Gasteiger charge is -2.17. The van der Waals surface area contributed by atoms with E-state index in [-0.39, 0.29) is 0 Å². The summed E-state index contributed by atoms with van der Waals surface area (Å²) in [4.78, 5) is 4.20. The average molecular weight is 385 g/mol. The summed E-state index contributed by atoms with van der Waals surface area (Å²) in [6.45, 7) is 5.68. The molecule has 0 aliphatic carbocycles. The molecule has 0 saturated heterocycles. The van der Waals surface area contributed by atoms with Crippen LogP contribution in [0.3, 0.4) is 0 Å². The number of thioether (sulfide) groups is 2. The summed E-state index contributed by atoms with van der Waals surface area (Å²) in [7, 11) is 0. The van der Waals surface area contributed by atoms with Gasteiger partial charge in [0.2, 0.25) is 0 Å². The molecule has 0 saturated carbocycles. The summed E-state index contributed by atoms with van der Waals surface area (Å²) in [5.41, 5.74) is 0. The highest BCUT2D eigenvalue weighted by atomic mass is 32.2. The average Bonchev–Trinajstić information content (AvgIpc) is 3.13. The van der Waals surface area contributed by atoms with Crippen molar-refractivity contribution in [3.8, 4) is 0 Å². The van der Waals surface area contributed by atoms with Gasteiger partial charge in [-0.05, 0) is 24.3 Å². The van der Waals surface area contributed by atoms with Crippen LogP contribution in [0.2, 0.25) is 0 Å². The fourth-order valence-electron chi connectivity index (χ4n) is 2.91. The van der Waals surface area contributed by atoms with Crippen LogP contribution in [-0.2, 0) is 6.54 Å². The fraction of sp³-hybridized carbons (Fsp3) is 0.857. The Hall–Kier alpha value is -0.0900. The molecule has 25 heavy (non-hydrogen) atoms. The van der Waals surface area contributed by atoms with Gasteiger partial charge in [-0.1, -0.05) is 78.1 Å². The number of hydrogen-bond donors (Lipinski definition) is 0. The van der Waals surface area contributed by atoms with Gasteiger partial charge in [-0.15, -0.1) is 23.5 Å². The first-order valence-electron chi connectivity index (χ1n) is 10.6. The van der Waals surface area contributed by atoms with Gasteiger partial charge >= 0.3 is 0 Å². The van der Waals surface area contributed by atoms with E-state index in [1.165, 1.54) is 88.6 Å². The summed E-state index contributed by atoms with van der Waals surface area (Å²) >= 11 is 4.34. The number of aromatic nitrogens is 2. The van der Waals surface area contributed by atoms with Gasteiger partial charge in [-0.2, -0.15) is 0 Å². The maximum atomic E-state index is 4.20. The Balaban J connectivity index is 2.13. The standard InChI is InChI=1S/C21H40N2S2/c1-3-5-7-9-11-13-17-24-21(19-23-16-15-22-20-23)25-18-14-12-10-8-6-4-2/h15-16,20-21H,3-14,17-19H2,1-2H3. The molecule has 0 unspecified atom stereocenters. The molecule has 0 bridgehead atoms. The van der Waals surface area contributed by atoms with E-state index in [9.17, 15) is 0 Å². The number of nitrogens with zero attached hydrogens (tertiary/aromatic N) is 2. The number of imidazole rings is 1.